The maximum Gasteiger partial charge on any atom is 0.274 e. The Kier molecular flexibility index (Phi) is 4.22. The van der Waals surface area contributed by atoms with Gasteiger partial charge in [0.15, 0.2) is 5.69 Å². The molecule has 0 radical (unpaired) electrons. The minimum absolute atomic E-state index is 0.0279. The molecule has 0 unspecified atom stereocenters. The van der Waals surface area contributed by atoms with Gasteiger partial charge in [-0.25, -0.2) is 0 Å². The maximum atomic E-state index is 12.6. The molecule has 1 aromatic carbocycles. The predicted molar refractivity (Wildman–Crippen MR) is 105 cm³/mol. The number of H-pyrrole nitrogens is 1. The lowest BCUT2D eigenvalue weighted by Crippen LogP contribution is -2.48. The Hall–Kier alpha value is -2.97. The molecule has 9 heteroatoms. The first kappa shape index (κ1) is 17.2. The molecule has 0 bridgehead atoms. The quantitative estimate of drug-likeness (QED) is 0.546. The van der Waals surface area contributed by atoms with Crippen LogP contribution in [-0.4, -0.2) is 44.2 Å². The summed E-state index contributed by atoms with van der Waals surface area (Å²) in [7, 11) is 0. The van der Waals surface area contributed by atoms with Crippen molar-refractivity contribution in [2.75, 3.05) is 13.1 Å². The molecule has 0 saturated carbocycles. The fourth-order valence-corrected chi connectivity index (χ4v) is 3.98. The van der Waals surface area contributed by atoms with Crippen LogP contribution in [0.25, 0.3) is 22.0 Å². The van der Waals surface area contributed by atoms with Crippen molar-refractivity contribution in [2.45, 2.75) is 5.92 Å². The van der Waals surface area contributed by atoms with Gasteiger partial charge < -0.3 is 9.42 Å². The molecule has 140 valence electrons. The second kappa shape index (κ2) is 6.88. The Morgan fingerprint density at radius 2 is 2.14 bits per heavy atom. The van der Waals surface area contributed by atoms with Crippen molar-refractivity contribution in [3.05, 3.63) is 64.5 Å². The van der Waals surface area contributed by atoms with Gasteiger partial charge in [-0.2, -0.15) is 10.1 Å². The Morgan fingerprint density at radius 3 is 2.93 bits per heavy atom. The molecule has 1 aliphatic heterocycles. The Balaban J connectivity index is 1.25. The highest BCUT2D eigenvalue weighted by Crippen LogP contribution is 2.30. The van der Waals surface area contributed by atoms with Crippen LogP contribution >= 0.6 is 22.9 Å². The first-order chi connectivity index (χ1) is 13.7. The lowest BCUT2D eigenvalue weighted by Gasteiger charge is -2.36. The van der Waals surface area contributed by atoms with Crippen LogP contribution in [0.4, 0.5) is 0 Å². The van der Waals surface area contributed by atoms with Gasteiger partial charge >= 0.3 is 0 Å². The van der Waals surface area contributed by atoms with Gasteiger partial charge in [0.05, 0.1) is 16.5 Å². The highest BCUT2D eigenvalue weighted by molar-refractivity contribution is 7.13. The van der Waals surface area contributed by atoms with Gasteiger partial charge in [0.25, 0.3) is 5.91 Å². The van der Waals surface area contributed by atoms with Gasteiger partial charge in [0.2, 0.25) is 11.7 Å². The fraction of sp³-hybridized carbons (Fsp3) is 0.158. The number of aromatic amines is 1. The monoisotopic (exact) mass is 411 g/mol. The Labute approximate surface area is 169 Å². The standard InChI is InChI=1S/C19H14ClN5O2S/c20-13-4-1-3-11(7-13)17-21-18(27-24-17)12-9-25(10-12)19(26)15-8-14(22-23-15)16-5-2-6-28-16/h1-8,12H,9-10H2,(H,22,23). The van der Waals surface area contributed by atoms with Crippen LogP contribution in [0.2, 0.25) is 5.02 Å². The van der Waals surface area contributed by atoms with E-state index in [1.807, 2.05) is 29.6 Å². The highest BCUT2D eigenvalue weighted by atomic mass is 35.5. The van der Waals surface area contributed by atoms with E-state index >= 15 is 0 Å². The van der Waals surface area contributed by atoms with Gasteiger partial charge in [0.1, 0.15) is 0 Å². The van der Waals surface area contributed by atoms with Gasteiger partial charge in [0, 0.05) is 23.7 Å². The predicted octanol–water partition coefficient (Wildman–Crippen LogP) is 4.08. The molecule has 1 aliphatic rings. The molecule has 5 rings (SSSR count). The van der Waals surface area contributed by atoms with Crippen LogP contribution in [0.15, 0.2) is 52.4 Å². The van der Waals surface area contributed by atoms with Gasteiger partial charge in [-0.15, -0.1) is 11.3 Å². The molecular weight excluding hydrogens is 398 g/mol. The van der Waals surface area contributed by atoms with Crippen LogP contribution in [0.3, 0.4) is 0 Å². The van der Waals surface area contributed by atoms with Crippen molar-refractivity contribution in [1.29, 1.82) is 0 Å². The first-order valence-corrected chi connectivity index (χ1v) is 9.91. The molecule has 7 nitrogen and oxygen atoms in total. The zero-order chi connectivity index (χ0) is 19.1. The van der Waals surface area contributed by atoms with E-state index in [0.717, 1.165) is 16.1 Å². The van der Waals surface area contributed by atoms with Crippen molar-refractivity contribution in [3.8, 4) is 22.0 Å². The zero-order valence-electron chi connectivity index (χ0n) is 14.5. The molecule has 1 N–H and O–H groups in total. The number of amides is 1. The van der Waals surface area contributed by atoms with Crippen LogP contribution in [0.5, 0.6) is 0 Å². The second-order valence-electron chi connectivity index (χ2n) is 6.52. The summed E-state index contributed by atoms with van der Waals surface area (Å²) in [4.78, 5) is 19.8. The van der Waals surface area contributed by atoms with E-state index < -0.39 is 0 Å². The van der Waals surface area contributed by atoms with Crippen LogP contribution < -0.4 is 0 Å². The third-order valence-electron chi connectivity index (χ3n) is 4.63. The molecular formula is C19H14ClN5O2S. The van der Waals surface area contributed by atoms with Crippen molar-refractivity contribution < 1.29 is 9.32 Å². The molecule has 1 saturated heterocycles. The van der Waals surface area contributed by atoms with E-state index in [9.17, 15) is 4.79 Å². The molecule has 4 aromatic rings. The average Bonchev–Trinajstić information content (AvgIpc) is 3.40. The molecule has 0 atom stereocenters. The number of carbonyl (C=O) groups is 1. The lowest BCUT2D eigenvalue weighted by molar-refractivity contribution is 0.0563. The molecule has 1 amide bonds. The highest BCUT2D eigenvalue weighted by Gasteiger charge is 2.37. The van der Waals surface area contributed by atoms with Crippen LogP contribution in [-0.2, 0) is 0 Å². The van der Waals surface area contributed by atoms with Crippen molar-refractivity contribution in [2.24, 2.45) is 0 Å². The van der Waals surface area contributed by atoms with Crippen molar-refractivity contribution in [1.82, 2.24) is 25.2 Å². The van der Waals surface area contributed by atoms with E-state index in [-0.39, 0.29) is 11.8 Å². The minimum Gasteiger partial charge on any atom is -0.339 e. The summed E-state index contributed by atoms with van der Waals surface area (Å²) in [6, 6.07) is 13.0. The number of aromatic nitrogens is 4. The van der Waals surface area contributed by atoms with E-state index in [2.05, 4.69) is 20.3 Å². The van der Waals surface area contributed by atoms with Gasteiger partial charge in [-0.1, -0.05) is 35.0 Å². The smallest absolute Gasteiger partial charge is 0.274 e. The van der Waals surface area contributed by atoms with E-state index in [1.165, 1.54) is 0 Å². The summed E-state index contributed by atoms with van der Waals surface area (Å²) >= 11 is 7.61. The molecule has 4 heterocycles. The largest absolute Gasteiger partial charge is 0.339 e. The number of thiophene rings is 1. The fourth-order valence-electron chi connectivity index (χ4n) is 3.10. The number of carbonyl (C=O) groups excluding carboxylic acids is 1. The zero-order valence-corrected chi connectivity index (χ0v) is 16.1. The Bertz CT molecular complexity index is 1130. The molecule has 0 aliphatic carbocycles. The van der Waals surface area contributed by atoms with E-state index in [4.69, 9.17) is 16.1 Å². The van der Waals surface area contributed by atoms with Crippen molar-refractivity contribution in [3.63, 3.8) is 0 Å². The number of nitrogens with one attached hydrogen (secondary N) is 1. The molecule has 1 fully saturated rings. The van der Waals surface area contributed by atoms with Crippen molar-refractivity contribution >= 4 is 28.8 Å². The normalized spacial score (nSPS) is 14.2. The minimum atomic E-state index is -0.107. The number of halogens is 1. The topological polar surface area (TPSA) is 87.9 Å². The average molecular weight is 412 g/mol. The Morgan fingerprint density at radius 1 is 1.25 bits per heavy atom. The number of hydrogen-bond acceptors (Lipinski definition) is 6. The molecule has 3 aromatic heterocycles. The molecule has 0 spiro atoms. The maximum absolute atomic E-state index is 12.6. The number of benzene rings is 1. The third kappa shape index (κ3) is 3.10. The van der Waals surface area contributed by atoms with Crippen LogP contribution in [0.1, 0.15) is 22.3 Å². The number of hydrogen-bond donors (Lipinski definition) is 1. The summed E-state index contributed by atoms with van der Waals surface area (Å²) in [5.74, 6) is 0.945. The lowest BCUT2D eigenvalue weighted by atomic mass is 9.99. The second-order valence-corrected chi connectivity index (χ2v) is 7.90. The summed E-state index contributed by atoms with van der Waals surface area (Å²) in [6.45, 7) is 1.05. The number of rotatable bonds is 4. The first-order valence-electron chi connectivity index (χ1n) is 8.65. The summed E-state index contributed by atoms with van der Waals surface area (Å²) < 4.78 is 5.39. The summed E-state index contributed by atoms with van der Waals surface area (Å²) in [5, 5.41) is 13.7. The SMILES string of the molecule is O=C(c1cc(-c2cccs2)[nH]n1)N1CC(c2nc(-c3cccc(Cl)c3)no2)C1. The number of nitrogens with zero attached hydrogens (tertiary/aromatic N) is 4. The third-order valence-corrected chi connectivity index (χ3v) is 5.76. The summed E-state index contributed by atoms with van der Waals surface area (Å²) in [6.07, 6.45) is 0. The van der Waals surface area contributed by atoms with E-state index in [0.29, 0.717) is 35.5 Å². The summed E-state index contributed by atoms with van der Waals surface area (Å²) in [5.41, 5.74) is 2.05. The van der Waals surface area contributed by atoms with Crippen LogP contribution in [0, 0.1) is 0 Å². The van der Waals surface area contributed by atoms with Gasteiger partial charge in [-0.3, -0.25) is 9.89 Å². The van der Waals surface area contributed by atoms with E-state index in [1.54, 1.807) is 34.4 Å². The van der Waals surface area contributed by atoms with Gasteiger partial charge in [-0.05, 0) is 29.6 Å². The molecule has 28 heavy (non-hydrogen) atoms. The number of likely N-dealkylation sites (tertiary alicyclic amines) is 1.